The Morgan fingerprint density at radius 2 is 1.54 bits per heavy atom. The molecule has 1 fully saturated rings. The molecule has 1 saturated carbocycles. The number of nitrogens with one attached hydrogen (secondary N) is 1. The summed E-state index contributed by atoms with van der Waals surface area (Å²) in [6.45, 7) is 0. The zero-order chi connectivity index (χ0) is 26.2. The molecule has 10 heteroatoms. The number of para-hydroxylation sites is 2. The van der Waals surface area contributed by atoms with Crippen LogP contribution in [0.2, 0.25) is 0 Å². The van der Waals surface area contributed by atoms with Crippen LogP contribution in [0.3, 0.4) is 0 Å². The van der Waals surface area contributed by atoms with Crippen LogP contribution in [0.15, 0.2) is 79.2 Å². The summed E-state index contributed by atoms with van der Waals surface area (Å²) in [4.78, 5) is 31.6. The van der Waals surface area contributed by atoms with Crippen LogP contribution in [0, 0.1) is 10.4 Å². The van der Waals surface area contributed by atoms with E-state index in [-0.39, 0.29) is 38.0 Å². The molecule has 9 nitrogen and oxygen atoms in total. The van der Waals surface area contributed by atoms with E-state index in [0.29, 0.717) is 11.4 Å². The topological polar surface area (TPSA) is 134 Å². The second kappa shape index (κ2) is 9.87. The molecule has 0 spiro atoms. The number of rotatable bonds is 5. The Morgan fingerprint density at radius 3 is 2.19 bits per heavy atom. The van der Waals surface area contributed by atoms with Gasteiger partial charge in [0.25, 0.3) is 10.1 Å². The van der Waals surface area contributed by atoms with Crippen molar-refractivity contribution in [2.75, 3.05) is 12.5 Å². The first-order valence-corrected chi connectivity index (χ1v) is 13.4. The molecule has 0 radical (unpaired) electrons. The lowest BCUT2D eigenvalue weighted by atomic mass is 9.96. The number of ether oxygens (including phenoxy) is 1. The molecule has 0 unspecified atom stereocenters. The van der Waals surface area contributed by atoms with E-state index < -0.39 is 25.9 Å². The second-order valence-corrected chi connectivity index (χ2v) is 10.4. The van der Waals surface area contributed by atoms with E-state index >= 15 is 0 Å². The molecule has 0 bridgehead atoms. The third-order valence-electron chi connectivity index (χ3n) is 6.68. The summed E-state index contributed by atoms with van der Waals surface area (Å²) in [5.41, 5.74) is 2.11. The van der Waals surface area contributed by atoms with Crippen molar-refractivity contribution in [2.24, 2.45) is 10.1 Å². The molecule has 0 aromatic heterocycles. The summed E-state index contributed by atoms with van der Waals surface area (Å²) in [7, 11) is -3.39. The molecule has 0 aliphatic heterocycles. The Bertz CT molecular complexity index is 1900. The predicted molar refractivity (Wildman–Crippen MR) is 139 cm³/mol. The largest absolute Gasteiger partial charge is 0.495 e. The fourth-order valence-corrected chi connectivity index (χ4v) is 5.56. The van der Waals surface area contributed by atoms with Gasteiger partial charge in [-0.25, -0.2) is 0 Å². The molecule has 0 heterocycles. The summed E-state index contributed by atoms with van der Waals surface area (Å²) in [6, 6.07) is 14.2. The average molecular weight is 520 g/mol. The maximum Gasteiger partial charge on any atom is 0.296 e. The molecule has 0 saturated heterocycles. The van der Waals surface area contributed by atoms with E-state index in [1.54, 1.807) is 42.5 Å². The summed E-state index contributed by atoms with van der Waals surface area (Å²) in [5, 5.41) is 4.05. The van der Waals surface area contributed by atoms with E-state index in [9.17, 15) is 22.6 Å². The highest BCUT2D eigenvalue weighted by Crippen LogP contribution is 2.23. The van der Waals surface area contributed by atoms with E-state index in [4.69, 9.17) is 9.73 Å². The lowest BCUT2D eigenvalue weighted by Crippen LogP contribution is -2.34. The number of methoxy groups -OCH3 is 1. The number of nitrogens with zero attached hydrogens (tertiary/aromatic N) is 2. The van der Waals surface area contributed by atoms with Crippen molar-refractivity contribution in [2.45, 2.75) is 43.0 Å². The number of anilines is 1. The fourth-order valence-electron chi connectivity index (χ4n) is 4.90. The molecule has 2 aromatic carbocycles. The van der Waals surface area contributed by atoms with E-state index in [0.717, 1.165) is 38.2 Å². The van der Waals surface area contributed by atoms with E-state index in [1.807, 2.05) is 0 Å². The number of hydrogen-bond donors (Lipinski definition) is 2. The first-order chi connectivity index (χ1) is 17.8. The molecular weight excluding hydrogens is 494 g/mol. The Labute approximate surface area is 211 Å². The zero-order valence-corrected chi connectivity index (χ0v) is 20.9. The van der Waals surface area contributed by atoms with Gasteiger partial charge in [-0.3, -0.25) is 24.6 Å². The predicted octanol–water partition coefficient (Wildman–Crippen LogP) is 2.58. The molecule has 3 aliphatic rings. The highest BCUT2D eigenvalue weighted by Gasteiger charge is 2.21. The highest BCUT2D eigenvalue weighted by atomic mass is 32.2. The SMILES string of the molecule is COc1ccccc1N/N=c1/c(S(=O)(=O)O)cc(=NC2CCCCC2)c2c(=O)c3ccccc3c(=O)c1=2. The molecule has 0 amide bonds. The van der Waals surface area contributed by atoms with Crippen LogP contribution >= 0.6 is 0 Å². The van der Waals surface area contributed by atoms with Crippen LogP contribution < -0.4 is 31.7 Å². The minimum absolute atomic E-state index is 0.0118. The van der Waals surface area contributed by atoms with Crippen molar-refractivity contribution in [3.05, 3.63) is 96.2 Å². The minimum Gasteiger partial charge on any atom is -0.495 e. The quantitative estimate of drug-likeness (QED) is 0.306. The Balaban J connectivity index is 1.98. The van der Waals surface area contributed by atoms with Crippen LogP contribution in [0.25, 0.3) is 10.8 Å². The lowest BCUT2D eigenvalue weighted by Gasteiger charge is -2.17. The van der Waals surface area contributed by atoms with Crippen molar-refractivity contribution in [1.82, 2.24) is 0 Å². The Morgan fingerprint density at radius 1 is 0.919 bits per heavy atom. The van der Waals surface area contributed by atoms with Gasteiger partial charge in [-0.05, 0) is 31.0 Å². The van der Waals surface area contributed by atoms with Gasteiger partial charge in [0.15, 0.2) is 10.9 Å². The molecule has 2 aromatic rings. The standard InChI is InChI=1S/C27H25N3O6S/c1-36-21-14-8-7-13-19(21)29-30-25-22(37(33,34)35)15-20(28-16-9-3-2-4-10-16)23-24(25)27(32)18-12-6-5-11-17(18)26(23)31/h5-8,11-16,29H,2-4,9-10H2,1H3,(H,33,34,35)/b28-20?,30-25-. The van der Waals surface area contributed by atoms with Gasteiger partial charge in [-0.2, -0.15) is 13.5 Å². The maximum atomic E-state index is 13.7. The van der Waals surface area contributed by atoms with Gasteiger partial charge < -0.3 is 4.74 Å². The maximum absolute atomic E-state index is 13.7. The zero-order valence-electron chi connectivity index (χ0n) is 20.1. The minimum atomic E-state index is -4.86. The van der Waals surface area contributed by atoms with Gasteiger partial charge >= 0.3 is 0 Å². The summed E-state index contributed by atoms with van der Waals surface area (Å²) >= 11 is 0. The average Bonchev–Trinajstić information content (AvgIpc) is 2.90. The normalized spacial score (nSPS) is 15.9. The third-order valence-corrected chi connectivity index (χ3v) is 7.55. The lowest BCUT2D eigenvalue weighted by molar-refractivity contribution is 0.416. The van der Waals surface area contributed by atoms with Gasteiger partial charge in [-0.1, -0.05) is 55.7 Å². The van der Waals surface area contributed by atoms with Crippen LogP contribution in [-0.2, 0) is 10.1 Å². The Kier molecular flexibility index (Phi) is 6.61. The first-order valence-electron chi connectivity index (χ1n) is 12.0. The number of benzene rings is 2. The smallest absolute Gasteiger partial charge is 0.296 e. The molecule has 37 heavy (non-hydrogen) atoms. The monoisotopic (exact) mass is 519 g/mol. The fraction of sp³-hybridized carbons (Fsp3) is 0.259. The first kappa shape index (κ1) is 24.8. The molecule has 5 rings (SSSR count). The van der Waals surface area contributed by atoms with Gasteiger partial charge in [0.05, 0.1) is 34.6 Å². The summed E-state index contributed by atoms with van der Waals surface area (Å²) in [5.74, 6) is 0.421. The van der Waals surface area contributed by atoms with Gasteiger partial charge in [0.2, 0.25) is 0 Å². The number of fused-ring (bicyclic) bond motifs is 1. The summed E-state index contributed by atoms with van der Waals surface area (Å²) < 4.78 is 40.6. The summed E-state index contributed by atoms with van der Waals surface area (Å²) in [6.07, 6.45) is 4.59. The third kappa shape index (κ3) is 4.65. The van der Waals surface area contributed by atoms with Crippen LogP contribution in [0.5, 0.6) is 5.75 Å². The molecule has 190 valence electrons. The van der Waals surface area contributed by atoms with Crippen molar-refractivity contribution >= 4 is 26.6 Å². The van der Waals surface area contributed by atoms with E-state index in [2.05, 4.69) is 10.5 Å². The highest BCUT2D eigenvalue weighted by molar-refractivity contribution is 7.85. The van der Waals surface area contributed by atoms with Crippen LogP contribution in [0.1, 0.15) is 32.1 Å². The van der Waals surface area contributed by atoms with Crippen LogP contribution in [0.4, 0.5) is 5.69 Å². The molecular formula is C27H25N3O6S. The van der Waals surface area contributed by atoms with E-state index in [1.165, 1.54) is 13.2 Å². The Hall–Kier alpha value is -3.89. The molecule has 0 atom stereocenters. The molecule has 3 aliphatic carbocycles. The van der Waals surface area contributed by atoms with Crippen molar-refractivity contribution in [3.8, 4) is 5.75 Å². The number of hydrogen-bond acceptors (Lipinski definition) is 8. The van der Waals surface area contributed by atoms with Gasteiger partial charge in [0.1, 0.15) is 16.0 Å². The van der Waals surface area contributed by atoms with Gasteiger partial charge in [-0.15, -0.1) is 0 Å². The van der Waals surface area contributed by atoms with Crippen LogP contribution in [-0.4, -0.2) is 26.1 Å². The molecule has 2 N–H and O–H groups in total. The van der Waals surface area contributed by atoms with Gasteiger partial charge in [0, 0.05) is 10.8 Å². The second-order valence-electron chi connectivity index (χ2n) is 9.02. The van der Waals surface area contributed by atoms with Crippen molar-refractivity contribution in [3.63, 3.8) is 0 Å². The van der Waals surface area contributed by atoms with Crippen molar-refractivity contribution in [1.29, 1.82) is 0 Å². The van der Waals surface area contributed by atoms with Crippen molar-refractivity contribution < 1.29 is 17.7 Å².